The Kier molecular flexibility index (Phi) is 5.23. The number of fused-ring (bicyclic) bond motifs is 5. The third-order valence-corrected chi connectivity index (χ3v) is 9.21. The molecule has 0 spiro atoms. The van der Waals surface area contributed by atoms with Crippen molar-refractivity contribution < 1.29 is 0 Å². The quantitative estimate of drug-likeness (QED) is 0.441. The highest BCUT2D eigenvalue weighted by Crippen LogP contribution is 2.65. The fraction of sp³-hybridized carbons (Fsp3) is 0.778. The van der Waals surface area contributed by atoms with Crippen molar-refractivity contribution in [2.24, 2.45) is 40.4 Å². The Labute approximate surface area is 168 Å². The van der Waals surface area contributed by atoms with E-state index in [9.17, 15) is 0 Å². The lowest BCUT2D eigenvalue weighted by Crippen LogP contribution is -2.45. The van der Waals surface area contributed by atoms with Gasteiger partial charge in [0.05, 0.1) is 0 Å². The molecular weight excluding hydrogens is 324 g/mol. The van der Waals surface area contributed by atoms with E-state index in [1.165, 1.54) is 57.8 Å². The first kappa shape index (κ1) is 19.5. The van der Waals surface area contributed by atoms with Gasteiger partial charge in [-0.25, -0.2) is 0 Å². The van der Waals surface area contributed by atoms with E-state index in [1.54, 1.807) is 5.57 Å². The van der Waals surface area contributed by atoms with Crippen LogP contribution < -0.4 is 0 Å². The Bertz CT molecular complexity index is 647. The lowest BCUT2D eigenvalue weighted by molar-refractivity contribution is 0.0656. The van der Waals surface area contributed by atoms with Crippen molar-refractivity contribution in [3.05, 3.63) is 35.5 Å². The molecule has 0 aromatic heterocycles. The van der Waals surface area contributed by atoms with Crippen molar-refractivity contribution in [2.45, 2.75) is 92.4 Å². The first-order valence-corrected chi connectivity index (χ1v) is 11.9. The first-order chi connectivity index (χ1) is 12.8. The molecule has 0 aliphatic heterocycles. The van der Waals surface area contributed by atoms with Gasteiger partial charge in [0.2, 0.25) is 0 Å². The Morgan fingerprint density at radius 3 is 2.59 bits per heavy atom. The maximum atomic E-state index is 2.65. The standard InChI is InChI=1S/C27H42/c1-19(2)8-6-7-9-21-11-13-24-23-12-10-22-18-20(3)14-16-27(22,5)25(23)15-17-26(21,24)4/h6-7,10,12,19-21,24-25H,8-9,11,13-18H2,1-5H3/b7-6+. The summed E-state index contributed by atoms with van der Waals surface area (Å²) in [5.41, 5.74) is 4.67. The molecule has 0 nitrogen and oxygen atoms in total. The molecular formula is C27H42. The van der Waals surface area contributed by atoms with Gasteiger partial charge in [0.15, 0.2) is 0 Å². The first-order valence-electron chi connectivity index (χ1n) is 11.9. The molecule has 0 heterocycles. The minimum atomic E-state index is 0.479. The fourth-order valence-electron chi connectivity index (χ4n) is 7.31. The van der Waals surface area contributed by atoms with Gasteiger partial charge in [0.25, 0.3) is 0 Å². The number of hydrogen-bond donors (Lipinski definition) is 0. The fourth-order valence-corrected chi connectivity index (χ4v) is 7.31. The van der Waals surface area contributed by atoms with Crippen LogP contribution in [0.1, 0.15) is 92.4 Å². The van der Waals surface area contributed by atoms with Gasteiger partial charge < -0.3 is 0 Å². The molecule has 6 unspecified atom stereocenters. The summed E-state index contributed by atoms with van der Waals surface area (Å²) in [7, 11) is 0. The number of rotatable bonds is 4. The van der Waals surface area contributed by atoms with E-state index in [2.05, 4.69) is 58.9 Å². The van der Waals surface area contributed by atoms with Crippen LogP contribution in [-0.4, -0.2) is 0 Å². The van der Waals surface area contributed by atoms with Gasteiger partial charge in [-0.05, 0) is 98.2 Å². The van der Waals surface area contributed by atoms with Crippen molar-refractivity contribution in [3.63, 3.8) is 0 Å². The van der Waals surface area contributed by atoms with Crippen LogP contribution in [0, 0.1) is 40.4 Å². The summed E-state index contributed by atoms with van der Waals surface area (Å²) in [6, 6.07) is 0. The zero-order valence-electron chi connectivity index (χ0n) is 18.6. The molecule has 150 valence electrons. The molecule has 0 radical (unpaired) electrons. The van der Waals surface area contributed by atoms with Crippen molar-refractivity contribution in [1.82, 2.24) is 0 Å². The molecule has 0 N–H and O–H groups in total. The molecule has 4 aliphatic carbocycles. The second-order valence-electron chi connectivity index (χ2n) is 11.4. The van der Waals surface area contributed by atoms with Crippen LogP contribution in [0.15, 0.2) is 35.5 Å². The van der Waals surface area contributed by atoms with Crippen molar-refractivity contribution in [2.75, 3.05) is 0 Å². The Morgan fingerprint density at radius 1 is 1.00 bits per heavy atom. The highest BCUT2D eigenvalue weighted by molar-refractivity contribution is 5.38. The summed E-state index contributed by atoms with van der Waals surface area (Å²) in [6.07, 6.45) is 22.7. The van der Waals surface area contributed by atoms with E-state index >= 15 is 0 Å². The van der Waals surface area contributed by atoms with Gasteiger partial charge in [-0.1, -0.05) is 70.1 Å². The van der Waals surface area contributed by atoms with E-state index < -0.39 is 0 Å². The summed E-state index contributed by atoms with van der Waals surface area (Å²) >= 11 is 0. The molecule has 3 fully saturated rings. The van der Waals surface area contributed by atoms with Gasteiger partial charge in [-0.2, -0.15) is 0 Å². The molecule has 3 saturated carbocycles. The highest BCUT2D eigenvalue weighted by atomic mass is 14.6. The molecule has 0 heteroatoms. The minimum Gasteiger partial charge on any atom is -0.0883 e. The normalized spacial score (nSPS) is 43.9. The summed E-state index contributed by atoms with van der Waals surface area (Å²) < 4.78 is 0. The van der Waals surface area contributed by atoms with E-state index in [1.807, 2.05) is 5.57 Å². The third kappa shape index (κ3) is 3.30. The molecule has 4 rings (SSSR count). The summed E-state index contributed by atoms with van der Waals surface area (Å²) in [6.45, 7) is 12.4. The predicted octanol–water partition coefficient (Wildman–Crippen LogP) is 8.11. The van der Waals surface area contributed by atoms with Gasteiger partial charge in [0, 0.05) is 0 Å². The molecule has 0 amide bonds. The average Bonchev–Trinajstić information content (AvgIpc) is 2.96. The van der Waals surface area contributed by atoms with Crippen LogP contribution in [-0.2, 0) is 0 Å². The zero-order valence-corrected chi connectivity index (χ0v) is 18.6. The molecule has 0 bridgehead atoms. The Morgan fingerprint density at radius 2 is 1.81 bits per heavy atom. The SMILES string of the molecule is CC(C)C/C=C/CC1CCC2C3=CC=C4CC(C)CCC4(C)C3CCC12C. The Balaban J connectivity index is 1.53. The van der Waals surface area contributed by atoms with Crippen LogP contribution in [0.3, 0.4) is 0 Å². The van der Waals surface area contributed by atoms with E-state index in [0.717, 1.165) is 29.6 Å². The third-order valence-electron chi connectivity index (χ3n) is 9.21. The molecule has 27 heavy (non-hydrogen) atoms. The molecule has 0 aromatic rings. The van der Waals surface area contributed by atoms with E-state index in [4.69, 9.17) is 0 Å². The smallest absolute Gasteiger partial charge is 0.00474 e. The van der Waals surface area contributed by atoms with Crippen molar-refractivity contribution in [3.8, 4) is 0 Å². The van der Waals surface area contributed by atoms with Crippen molar-refractivity contribution in [1.29, 1.82) is 0 Å². The second kappa shape index (κ2) is 7.23. The van der Waals surface area contributed by atoms with Crippen LogP contribution in [0.2, 0.25) is 0 Å². The van der Waals surface area contributed by atoms with E-state index in [-0.39, 0.29) is 0 Å². The van der Waals surface area contributed by atoms with Crippen LogP contribution in [0.5, 0.6) is 0 Å². The maximum absolute atomic E-state index is 2.65. The number of allylic oxidation sites excluding steroid dienone is 6. The lowest BCUT2D eigenvalue weighted by Gasteiger charge is -2.55. The monoisotopic (exact) mass is 366 g/mol. The molecule has 0 aromatic carbocycles. The zero-order chi connectivity index (χ0) is 19.2. The second-order valence-corrected chi connectivity index (χ2v) is 11.4. The van der Waals surface area contributed by atoms with E-state index in [0.29, 0.717) is 10.8 Å². The van der Waals surface area contributed by atoms with Crippen molar-refractivity contribution >= 4 is 0 Å². The maximum Gasteiger partial charge on any atom is -0.00474 e. The molecule has 6 atom stereocenters. The largest absolute Gasteiger partial charge is 0.0883 e. The summed E-state index contributed by atoms with van der Waals surface area (Å²) in [5.74, 6) is 4.28. The molecule has 0 saturated heterocycles. The predicted molar refractivity (Wildman–Crippen MR) is 118 cm³/mol. The van der Waals surface area contributed by atoms with Gasteiger partial charge in [0.1, 0.15) is 0 Å². The van der Waals surface area contributed by atoms with Crippen LogP contribution >= 0.6 is 0 Å². The average molecular weight is 367 g/mol. The molecule has 4 aliphatic rings. The topological polar surface area (TPSA) is 0 Å². The summed E-state index contributed by atoms with van der Waals surface area (Å²) in [5, 5.41) is 0. The van der Waals surface area contributed by atoms with Crippen LogP contribution in [0.25, 0.3) is 0 Å². The minimum absolute atomic E-state index is 0.479. The Hall–Kier alpha value is -0.780. The summed E-state index contributed by atoms with van der Waals surface area (Å²) in [4.78, 5) is 0. The number of hydrogen-bond acceptors (Lipinski definition) is 0. The van der Waals surface area contributed by atoms with Crippen LogP contribution in [0.4, 0.5) is 0 Å². The highest BCUT2D eigenvalue weighted by Gasteiger charge is 2.55. The van der Waals surface area contributed by atoms with Gasteiger partial charge in [-0.3, -0.25) is 0 Å². The van der Waals surface area contributed by atoms with Gasteiger partial charge in [-0.15, -0.1) is 0 Å². The van der Waals surface area contributed by atoms with Gasteiger partial charge >= 0.3 is 0 Å². The lowest BCUT2D eigenvalue weighted by atomic mass is 9.50.